The van der Waals surface area contributed by atoms with E-state index in [0.29, 0.717) is 11.9 Å². The second kappa shape index (κ2) is 6.29. The molecule has 20 heavy (non-hydrogen) atoms. The van der Waals surface area contributed by atoms with Crippen LogP contribution in [0.2, 0.25) is 0 Å². The number of benzene rings is 1. The molecule has 0 aromatic heterocycles. The topological polar surface area (TPSA) is 32.3 Å². The Morgan fingerprint density at radius 1 is 1.00 bits per heavy atom. The van der Waals surface area contributed by atoms with Crippen molar-refractivity contribution in [2.75, 3.05) is 18.0 Å². The Balaban J connectivity index is 1.49. The predicted molar refractivity (Wildman–Crippen MR) is 81.8 cm³/mol. The maximum atomic E-state index is 12.3. The Labute approximate surface area is 121 Å². The number of carbonyl (C=O) groups is 1. The number of para-hydroxylation sites is 1. The quantitative estimate of drug-likeness (QED) is 0.917. The molecule has 2 fully saturated rings. The van der Waals surface area contributed by atoms with Crippen LogP contribution in [0.25, 0.3) is 0 Å². The van der Waals surface area contributed by atoms with Gasteiger partial charge in [0, 0.05) is 30.7 Å². The summed E-state index contributed by atoms with van der Waals surface area (Å²) in [5.41, 5.74) is 1.28. The third-order valence-electron chi connectivity index (χ3n) is 4.69. The summed E-state index contributed by atoms with van der Waals surface area (Å²) in [6.45, 7) is 1.99. The average molecular weight is 272 g/mol. The van der Waals surface area contributed by atoms with Crippen LogP contribution in [0.3, 0.4) is 0 Å². The fourth-order valence-electron chi connectivity index (χ4n) is 3.43. The number of anilines is 1. The van der Waals surface area contributed by atoms with E-state index >= 15 is 0 Å². The average Bonchev–Trinajstić information content (AvgIpc) is 3.01. The van der Waals surface area contributed by atoms with Crippen LogP contribution in [0.15, 0.2) is 30.3 Å². The first-order chi connectivity index (χ1) is 9.83. The van der Waals surface area contributed by atoms with Crippen LogP contribution in [0.4, 0.5) is 5.69 Å². The standard InChI is InChI=1S/C17H24N2O/c20-17(18-15-6-4-5-7-15)14-10-12-19(13-11-14)16-8-2-1-3-9-16/h1-3,8-9,14-15H,4-7,10-13H2,(H,18,20). The number of hydrogen-bond acceptors (Lipinski definition) is 2. The molecule has 3 nitrogen and oxygen atoms in total. The number of rotatable bonds is 3. The Morgan fingerprint density at radius 2 is 1.65 bits per heavy atom. The molecule has 0 bridgehead atoms. The molecule has 1 saturated heterocycles. The SMILES string of the molecule is O=C(NC1CCCC1)C1CCN(c2ccccc2)CC1. The molecule has 0 unspecified atom stereocenters. The number of nitrogens with zero attached hydrogens (tertiary/aromatic N) is 1. The van der Waals surface area contributed by atoms with Gasteiger partial charge in [0.25, 0.3) is 0 Å². The zero-order chi connectivity index (χ0) is 13.8. The van der Waals surface area contributed by atoms with Gasteiger partial charge in [-0.3, -0.25) is 4.79 Å². The molecule has 1 aromatic carbocycles. The second-order valence-corrected chi connectivity index (χ2v) is 6.09. The van der Waals surface area contributed by atoms with Gasteiger partial charge >= 0.3 is 0 Å². The van der Waals surface area contributed by atoms with E-state index in [1.54, 1.807) is 0 Å². The predicted octanol–water partition coefficient (Wildman–Crippen LogP) is 2.96. The summed E-state index contributed by atoms with van der Waals surface area (Å²) in [7, 11) is 0. The van der Waals surface area contributed by atoms with Crippen molar-refractivity contribution in [3.8, 4) is 0 Å². The first-order valence-corrected chi connectivity index (χ1v) is 7.93. The number of hydrogen-bond donors (Lipinski definition) is 1. The van der Waals surface area contributed by atoms with Crippen LogP contribution in [-0.2, 0) is 4.79 Å². The first-order valence-electron chi connectivity index (χ1n) is 7.93. The van der Waals surface area contributed by atoms with Gasteiger partial charge in [0.1, 0.15) is 0 Å². The minimum absolute atomic E-state index is 0.218. The molecule has 1 N–H and O–H groups in total. The Kier molecular flexibility index (Phi) is 4.24. The fourth-order valence-corrected chi connectivity index (χ4v) is 3.43. The highest BCUT2D eigenvalue weighted by Gasteiger charge is 2.27. The van der Waals surface area contributed by atoms with Gasteiger partial charge in [-0.25, -0.2) is 0 Å². The van der Waals surface area contributed by atoms with E-state index in [-0.39, 0.29) is 5.92 Å². The van der Waals surface area contributed by atoms with Gasteiger partial charge < -0.3 is 10.2 Å². The molecule has 2 aliphatic rings. The molecule has 0 spiro atoms. The van der Waals surface area contributed by atoms with Crippen molar-refractivity contribution < 1.29 is 4.79 Å². The van der Waals surface area contributed by atoms with Crippen molar-refractivity contribution in [2.24, 2.45) is 5.92 Å². The van der Waals surface area contributed by atoms with E-state index in [0.717, 1.165) is 25.9 Å². The maximum Gasteiger partial charge on any atom is 0.223 e. The summed E-state index contributed by atoms with van der Waals surface area (Å²) in [6.07, 6.45) is 6.86. The molecule has 3 rings (SSSR count). The molecule has 1 aliphatic carbocycles. The van der Waals surface area contributed by atoms with Gasteiger partial charge in [-0.1, -0.05) is 31.0 Å². The number of amides is 1. The second-order valence-electron chi connectivity index (χ2n) is 6.09. The molecule has 108 valence electrons. The summed E-state index contributed by atoms with van der Waals surface area (Å²) in [5.74, 6) is 0.514. The van der Waals surface area contributed by atoms with Crippen LogP contribution in [0, 0.1) is 5.92 Å². The number of nitrogens with one attached hydrogen (secondary N) is 1. The third-order valence-corrected chi connectivity index (χ3v) is 4.69. The van der Waals surface area contributed by atoms with E-state index in [1.807, 2.05) is 6.07 Å². The summed E-state index contributed by atoms with van der Waals surface area (Å²) < 4.78 is 0. The third kappa shape index (κ3) is 3.14. The lowest BCUT2D eigenvalue weighted by Gasteiger charge is -2.33. The lowest BCUT2D eigenvalue weighted by molar-refractivity contribution is -0.126. The lowest BCUT2D eigenvalue weighted by Crippen LogP contribution is -2.43. The van der Waals surface area contributed by atoms with Crippen molar-refractivity contribution in [3.63, 3.8) is 0 Å². The highest BCUT2D eigenvalue weighted by Crippen LogP contribution is 2.24. The van der Waals surface area contributed by atoms with Gasteiger partial charge in [0.2, 0.25) is 5.91 Å². The van der Waals surface area contributed by atoms with Crippen LogP contribution in [-0.4, -0.2) is 25.0 Å². The van der Waals surface area contributed by atoms with Gasteiger partial charge in [-0.2, -0.15) is 0 Å². The molecule has 0 atom stereocenters. The summed E-state index contributed by atoms with van der Waals surface area (Å²) in [4.78, 5) is 14.7. The summed E-state index contributed by atoms with van der Waals surface area (Å²) >= 11 is 0. The molecular formula is C17H24N2O. The lowest BCUT2D eigenvalue weighted by atomic mass is 9.95. The van der Waals surface area contributed by atoms with Crippen molar-refractivity contribution in [3.05, 3.63) is 30.3 Å². The molecular weight excluding hydrogens is 248 g/mol. The zero-order valence-electron chi connectivity index (χ0n) is 12.1. The Hall–Kier alpha value is -1.51. The van der Waals surface area contributed by atoms with Crippen molar-refractivity contribution in [1.29, 1.82) is 0 Å². The van der Waals surface area contributed by atoms with Crippen molar-refractivity contribution in [2.45, 2.75) is 44.6 Å². The van der Waals surface area contributed by atoms with Gasteiger partial charge in [0.15, 0.2) is 0 Å². The monoisotopic (exact) mass is 272 g/mol. The minimum atomic E-state index is 0.218. The highest BCUT2D eigenvalue weighted by atomic mass is 16.1. The molecule has 0 radical (unpaired) electrons. The largest absolute Gasteiger partial charge is 0.371 e. The van der Waals surface area contributed by atoms with E-state index in [9.17, 15) is 4.79 Å². The van der Waals surface area contributed by atoms with Crippen LogP contribution in [0.1, 0.15) is 38.5 Å². The number of piperidine rings is 1. The maximum absolute atomic E-state index is 12.3. The molecule has 1 heterocycles. The van der Waals surface area contributed by atoms with Crippen molar-refractivity contribution >= 4 is 11.6 Å². The molecule has 1 saturated carbocycles. The number of carbonyl (C=O) groups excluding carboxylic acids is 1. The van der Waals surface area contributed by atoms with Crippen LogP contribution in [0.5, 0.6) is 0 Å². The zero-order valence-corrected chi connectivity index (χ0v) is 12.1. The van der Waals surface area contributed by atoms with E-state index in [2.05, 4.69) is 34.5 Å². The Morgan fingerprint density at radius 3 is 2.30 bits per heavy atom. The fraction of sp³-hybridized carbons (Fsp3) is 0.588. The normalized spacial score (nSPS) is 21.1. The first kappa shape index (κ1) is 13.5. The van der Waals surface area contributed by atoms with E-state index in [1.165, 1.54) is 31.4 Å². The summed E-state index contributed by atoms with van der Waals surface area (Å²) in [5, 5.41) is 3.25. The van der Waals surface area contributed by atoms with E-state index in [4.69, 9.17) is 0 Å². The van der Waals surface area contributed by atoms with Gasteiger partial charge in [-0.05, 0) is 37.8 Å². The molecule has 1 amide bonds. The minimum Gasteiger partial charge on any atom is -0.371 e. The molecule has 3 heteroatoms. The van der Waals surface area contributed by atoms with Crippen LogP contribution >= 0.6 is 0 Å². The Bertz CT molecular complexity index is 432. The van der Waals surface area contributed by atoms with Gasteiger partial charge in [-0.15, -0.1) is 0 Å². The van der Waals surface area contributed by atoms with Crippen molar-refractivity contribution in [1.82, 2.24) is 5.32 Å². The molecule has 1 aliphatic heterocycles. The summed E-state index contributed by atoms with van der Waals surface area (Å²) in [6, 6.07) is 11.0. The molecule has 1 aromatic rings. The van der Waals surface area contributed by atoms with Gasteiger partial charge in [0.05, 0.1) is 0 Å². The van der Waals surface area contributed by atoms with E-state index < -0.39 is 0 Å². The van der Waals surface area contributed by atoms with Crippen LogP contribution < -0.4 is 10.2 Å². The smallest absolute Gasteiger partial charge is 0.223 e. The highest BCUT2D eigenvalue weighted by molar-refractivity contribution is 5.79.